The Kier molecular flexibility index (Phi) is 3.40. The molecule has 0 radical (unpaired) electrons. The van der Waals surface area contributed by atoms with Crippen molar-refractivity contribution in [2.45, 2.75) is 0 Å². The van der Waals surface area contributed by atoms with E-state index in [4.69, 9.17) is 6.77 Å². The minimum absolute atomic E-state index is 0.0812. The molecule has 0 unspecified atom stereocenters. The summed E-state index contributed by atoms with van der Waals surface area (Å²) in [6, 6.07) is 0. The Hall–Kier alpha value is 0.238. The van der Waals surface area contributed by atoms with Gasteiger partial charge in [-0.05, 0) is 0 Å². The van der Waals surface area contributed by atoms with Gasteiger partial charge in [0.2, 0.25) is 0 Å². The van der Waals surface area contributed by atoms with Gasteiger partial charge in [-0.1, -0.05) is 0 Å². The summed E-state index contributed by atoms with van der Waals surface area (Å²) in [6.07, 6.45) is 1.29. The predicted octanol–water partition coefficient (Wildman–Crippen LogP) is -0.960. The van der Waals surface area contributed by atoms with Crippen LogP contribution in [0.2, 0.25) is 0 Å². The average Bonchev–Trinajstić information content (AvgIpc) is 1.59. The molecule has 0 bridgehead atoms. The van der Waals surface area contributed by atoms with E-state index in [1.54, 1.807) is 0 Å². The molecule has 0 heterocycles. The molecule has 0 aliphatic rings. The van der Waals surface area contributed by atoms with E-state index in [-0.39, 0.29) is 6.61 Å². The van der Waals surface area contributed by atoms with E-state index in [2.05, 4.69) is 9.59 Å². The maximum atomic E-state index is 9.90. The van der Waals surface area contributed by atoms with Crippen LogP contribution in [0.1, 0.15) is 0 Å². The summed E-state index contributed by atoms with van der Waals surface area (Å²) in [7, 11) is 0. The zero-order chi connectivity index (χ0) is 6.62. The van der Waals surface area contributed by atoms with E-state index in [9.17, 15) is 3.02 Å². The zero-order valence-electron chi connectivity index (χ0n) is 4.15. The first-order valence-corrected chi connectivity index (χ1v) is 6.24. The van der Waals surface area contributed by atoms with Crippen molar-refractivity contribution in [1.82, 2.24) is 0 Å². The Morgan fingerprint density at radius 2 is 2.25 bits per heavy atom. The third-order valence-electron chi connectivity index (χ3n) is 0.361. The van der Waals surface area contributed by atoms with Gasteiger partial charge < -0.3 is 0 Å². The van der Waals surface area contributed by atoms with E-state index < -0.39 is 20.1 Å². The zero-order valence-corrected chi connectivity index (χ0v) is 6.70. The van der Waals surface area contributed by atoms with Crippen molar-refractivity contribution >= 4 is 20.1 Å². The first-order chi connectivity index (χ1) is 3.56. The van der Waals surface area contributed by atoms with Gasteiger partial charge in [-0.15, -0.1) is 0 Å². The van der Waals surface area contributed by atoms with Crippen LogP contribution in [0, 0.1) is 0 Å². The standard InChI is InChI=1S/C3H5O.2H2O.O.Sb/c1-2-3-4;;;;/h2H,1,3H2;2*1H2;;/q-1;;;;+3/p-2. The minimum atomic E-state index is -5.04. The molecule has 0 saturated carbocycles. The summed E-state index contributed by atoms with van der Waals surface area (Å²) in [5.41, 5.74) is 0. The van der Waals surface area contributed by atoms with Gasteiger partial charge in [0.05, 0.1) is 0 Å². The molecule has 4 nitrogen and oxygen atoms in total. The number of hydrogen-bond donors (Lipinski definition) is 2. The second kappa shape index (κ2) is 3.30. The molecule has 2 N–H and O–H groups in total. The molecule has 0 atom stereocenters. The maximum absolute atomic E-state index is 9.90. The molecule has 0 aromatic rings. The van der Waals surface area contributed by atoms with Crippen LogP contribution in [0.25, 0.3) is 0 Å². The first kappa shape index (κ1) is 8.24. The molecule has 8 heavy (non-hydrogen) atoms. The molecule has 0 spiro atoms. The van der Waals surface area contributed by atoms with Crippen molar-refractivity contribution < 1.29 is 12.8 Å². The van der Waals surface area contributed by atoms with Crippen molar-refractivity contribution in [2.24, 2.45) is 0 Å². The summed E-state index contributed by atoms with van der Waals surface area (Å²) in [5, 5.41) is 0. The van der Waals surface area contributed by atoms with E-state index in [0.29, 0.717) is 0 Å². The SMILES string of the molecule is C=CC[O][Sb](=[O])([OH])[OH]. The molecule has 0 amide bonds. The molecular formula is C3H7O4Sb. The van der Waals surface area contributed by atoms with Gasteiger partial charge in [-0.2, -0.15) is 0 Å². The van der Waals surface area contributed by atoms with Gasteiger partial charge >= 0.3 is 52.1 Å². The van der Waals surface area contributed by atoms with Gasteiger partial charge in [0.1, 0.15) is 0 Å². The average molecular weight is 229 g/mol. The van der Waals surface area contributed by atoms with Gasteiger partial charge in [0, 0.05) is 0 Å². The van der Waals surface area contributed by atoms with E-state index in [1.807, 2.05) is 0 Å². The van der Waals surface area contributed by atoms with Gasteiger partial charge in [-0.3, -0.25) is 0 Å². The summed E-state index contributed by atoms with van der Waals surface area (Å²) in [6.45, 7) is 3.13. The van der Waals surface area contributed by atoms with Crippen LogP contribution in [0.5, 0.6) is 0 Å². The van der Waals surface area contributed by atoms with Crippen molar-refractivity contribution in [2.75, 3.05) is 6.61 Å². The fourth-order valence-electron chi connectivity index (χ4n) is 0.150. The van der Waals surface area contributed by atoms with Gasteiger partial charge in [0.15, 0.2) is 0 Å². The van der Waals surface area contributed by atoms with E-state index in [1.165, 1.54) is 6.08 Å². The van der Waals surface area contributed by atoms with Crippen molar-refractivity contribution in [3.8, 4) is 0 Å². The Morgan fingerprint density at radius 3 is 2.38 bits per heavy atom. The van der Waals surface area contributed by atoms with Crippen molar-refractivity contribution in [3.63, 3.8) is 0 Å². The molecule has 0 saturated heterocycles. The number of hydrogen-bond acceptors (Lipinski definition) is 2. The van der Waals surface area contributed by atoms with Crippen molar-refractivity contribution in [3.05, 3.63) is 12.7 Å². The van der Waals surface area contributed by atoms with E-state index >= 15 is 0 Å². The van der Waals surface area contributed by atoms with Crippen LogP contribution >= 0.6 is 0 Å². The molecule has 0 aliphatic heterocycles. The van der Waals surface area contributed by atoms with Crippen LogP contribution in [-0.2, 0) is 6.03 Å². The second-order valence-corrected chi connectivity index (χ2v) is 4.61. The van der Waals surface area contributed by atoms with Crippen molar-refractivity contribution in [1.29, 1.82) is 0 Å². The molecule has 0 rings (SSSR count). The molecule has 0 aliphatic carbocycles. The normalized spacial score (nSPS) is 11.2. The predicted molar refractivity (Wildman–Crippen MR) is 27.0 cm³/mol. The molecule has 48 valence electrons. The molecule has 0 aromatic heterocycles. The molecule has 5 heteroatoms. The fraction of sp³-hybridized carbons (Fsp3) is 0.333. The van der Waals surface area contributed by atoms with E-state index in [0.717, 1.165) is 0 Å². The Morgan fingerprint density at radius 1 is 1.75 bits per heavy atom. The topological polar surface area (TPSA) is 66.8 Å². The quantitative estimate of drug-likeness (QED) is 0.483. The van der Waals surface area contributed by atoms with Crippen LogP contribution in [0.4, 0.5) is 0 Å². The summed E-state index contributed by atoms with van der Waals surface area (Å²) >= 11 is -5.04. The summed E-state index contributed by atoms with van der Waals surface area (Å²) in [4.78, 5) is 0. The van der Waals surface area contributed by atoms with Crippen LogP contribution < -0.4 is 0 Å². The third-order valence-corrected chi connectivity index (χ3v) is 1.75. The second-order valence-electron chi connectivity index (χ2n) is 1.08. The van der Waals surface area contributed by atoms with Crippen LogP contribution in [-0.4, -0.2) is 33.4 Å². The van der Waals surface area contributed by atoms with Crippen LogP contribution in [0.3, 0.4) is 0 Å². The third kappa shape index (κ3) is 6.24. The molecule has 0 aromatic carbocycles. The Bertz CT molecular complexity index is 114. The Balaban J connectivity index is 3.40. The fourth-order valence-corrected chi connectivity index (χ4v) is 1.00. The first-order valence-electron chi connectivity index (χ1n) is 1.87. The van der Waals surface area contributed by atoms with Gasteiger partial charge in [0.25, 0.3) is 0 Å². The Labute approximate surface area is 52.5 Å². The monoisotopic (exact) mass is 228 g/mol. The summed E-state index contributed by atoms with van der Waals surface area (Å²) in [5.74, 6) is 0. The number of rotatable bonds is 3. The summed E-state index contributed by atoms with van der Waals surface area (Å²) < 4.78 is 30.1. The van der Waals surface area contributed by atoms with Crippen LogP contribution in [0.15, 0.2) is 12.7 Å². The molecule has 0 fully saturated rings. The van der Waals surface area contributed by atoms with Gasteiger partial charge in [-0.25, -0.2) is 0 Å². The molecular weight excluding hydrogens is 222 g/mol.